The van der Waals surface area contributed by atoms with Crippen LogP contribution in [-0.2, 0) is 4.79 Å². The maximum atomic E-state index is 12.0. The van der Waals surface area contributed by atoms with E-state index in [2.05, 4.69) is 26.8 Å². The number of hydrogen-bond donors (Lipinski definition) is 2. The van der Waals surface area contributed by atoms with Crippen LogP contribution in [0.3, 0.4) is 0 Å². The van der Waals surface area contributed by atoms with Crippen molar-refractivity contribution in [1.29, 1.82) is 0 Å². The summed E-state index contributed by atoms with van der Waals surface area (Å²) in [6.07, 6.45) is 6.29. The second kappa shape index (κ2) is 6.66. The first kappa shape index (κ1) is 15.9. The molecule has 0 aromatic carbocycles. The molecule has 1 aliphatic heterocycles. The van der Waals surface area contributed by atoms with E-state index in [1.165, 1.54) is 6.08 Å². The molecule has 0 spiro atoms. The molecule has 1 aliphatic rings. The summed E-state index contributed by atoms with van der Waals surface area (Å²) in [5.74, 6) is 0.278. The van der Waals surface area contributed by atoms with Gasteiger partial charge in [-0.15, -0.1) is 0 Å². The Hall–Kier alpha value is -2.96. The molecule has 0 unspecified atom stereocenters. The van der Waals surface area contributed by atoms with E-state index in [9.17, 15) is 9.59 Å². The summed E-state index contributed by atoms with van der Waals surface area (Å²) in [5.41, 5.74) is 2.63. The van der Waals surface area contributed by atoms with E-state index in [0.717, 1.165) is 11.3 Å². The number of H-pyrrole nitrogens is 1. The van der Waals surface area contributed by atoms with Crippen molar-refractivity contribution >= 4 is 11.6 Å². The maximum absolute atomic E-state index is 12.0. The molecule has 1 amide bonds. The largest absolute Gasteiger partial charge is 0.380 e. The fourth-order valence-corrected chi connectivity index (χ4v) is 2.63. The van der Waals surface area contributed by atoms with Crippen LogP contribution in [0.1, 0.15) is 5.69 Å². The summed E-state index contributed by atoms with van der Waals surface area (Å²) < 4.78 is 0. The second-order valence-corrected chi connectivity index (χ2v) is 5.87. The molecule has 0 radical (unpaired) electrons. The Kier molecular flexibility index (Phi) is 4.41. The Bertz CT molecular complexity index is 824. The van der Waals surface area contributed by atoms with Gasteiger partial charge in [0.05, 0.1) is 17.6 Å². The first-order chi connectivity index (χ1) is 11.6. The van der Waals surface area contributed by atoms with Gasteiger partial charge in [0.2, 0.25) is 5.91 Å². The van der Waals surface area contributed by atoms with E-state index in [1.807, 2.05) is 6.92 Å². The van der Waals surface area contributed by atoms with E-state index in [0.29, 0.717) is 36.9 Å². The van der Waals surface area contributed by atoms with Gasteiger partial charge in [-0.05, 0) is 19.1 Å². The number of hydrogen-bond acceptors (Lipinski definition) is 5. The van der Waals surface area contributed by atoms with Crippen molar-refractivity contribution in [2.75, 3.05) is 25.0 Å². The number of anilines is 1. The topological polar surface area (TPSA) is 91.0 Å². The number of nitrogens with zero attached hydrogens (tertiary/aromatic N) is 3. The van der Waals surface area contributed by atoms with Gasteiger partial charge in [-0.2, -0.15) is 0 Å². The summed E-state index contributed by atoms with van der Waals surface area (Å²) in [4.78, 5) is 36.4. The first-order valence-corrected chi connectivity index (χ1v) is 7.74. The average Bonchev–Trinajstić information content (AvgIpc) is 2.54. The van der Waals surface area contributed by atoms with E-state index >= 15 is 0 Å². The number of carbonyl (C=O) groups excluding carboxylic acids is 1. The van der Waals surface area contributed by atoms with Crippen molar-refractivity contribution in [1.82, 2.24) is 19.9 Å². The van der Waals surface area contributed by atoms with Crippen LogP contribution in [0.4, 0.5) is 5.69 Å². The molecule has 0 saturated carbocycles. The molecule has 2 aromatic heterocycles. The van der Waals surface area contributed by atoms with E-state index in [-0.39, 0.29) is 11.5 Å². The minimum atomic E-state index is -0.183. The zero-order chi connectivity index (χ0) is 17.1. The van der Waals surface area contributed by atoms with Crippen molar-refractivity contribution in [3.05, 3.63) is 53.4 Å². The number of pyridine rings is 1. The standard InChI is InChI=1S/C17H19N5O2/c1-3-16(23)22-9-12(10-22)6-19-14-4-13(7-20-17(14)24)15-8-18-5-11(2)21-15/h3-5,7-8,12,19H,1,6,9-10H2,2H3,(H,20,24). The minimum absolute atomic E-state index is 0.0517. The van der Waals surface area contributed by atoms with Gasteiger partial charge in [-0.1, -0.05) is 6.58 Å². The Morgan fingerprint density at radius 3 is 3.00 bits per heavy atom. The van der Waals surface area contributed by atoms with Crippen molar-refractivity contribution in [2.45, 2.75) is 6.92 Å². The molecule has 2 N–H and O–H groups in total. The SMILES string of the molecule is C=CC(=O)N1CC(CNc2cc(-c3cncc(C)n3)c[nH]c2=O)C1. The Morgan fingerprint density at radius 1 is 1.50 bits per heavy atom. The molecule has 0 bridgehead atoms. The quantitative estimate of drug-likeness (QED) is 0.806. The Balaban J connectivity index is 1.66. The molecule has 24 heavy (non-hydrogen) atoms. The molecule has 7 heteroatoms. The fraction of sp³-hybridized carbons (Fsp3) is 0.294. The van der Waals surface area contributed by atoms with E-state index in [1.54, 1.807) is 29.6 Å². The summed E-state index contributed by atoms with van der Waals surface area (Å²) >= 11 is 0. The Labute approximate surface area is 139 Å². The molecule has 3 rings (SSSR count). The highest BCUT2D eigenvalue weighted by Gasteiger charge is 2.28. The summed E-state index contributed by atoms with van der Waals surface area (Å²) in [6.45, 7) is 7.33. The molecule has 1 fully saturated rings. The highest BCUT2D eigenvalue weighted by Crippen LogP contribution is 2.19. The second-order valence-electron chi connectivity index (χ2n) is 5.87. The number of aromatic amines is 1. The number of rotatable bonds is 5. The predicted octanol–water partition coefficient (Wildman–Crippen LogP) is 1.20. The fourth-order valence-electron chi connectivity index (χ4n) is 2.63. The third kappa shape index (κ3) is 3.34. The number of aryl methyl sites for hydroxylation is 1. The van der Waals surface area contributed by atoms with Crippen LogP contribution in [0.25, 0.3) is 11.3 Å². The van der Waals surface area contributed by atoms with Crippen LogP contribution < -0.4 is 10.9 Å². The third-order valence-electron chi connectivity index (χ3n) is 3.98. The van der Waals surface area contributed by atoms with Crippen LogP contribution in [0, 0.1) is 12.8 Å². The zero-order valence-electron chi connectivity index (χ0n) is 13.5. The molecular weight excluding hydrogens is 306 g/mol. The van der Waals surface area contributed by atoms with Crippen LogP contribution in [0.2, 0.25) is 0 Å². The number of likely N-dealkylation sites (tertiary alicyclic amines) is 1. The summed E-state index contributed by atoms with van der Waals surface area (Å²) in [5, 5.41) is 3.16. The molecule has 3 heterocycles. The van der Waals surface area contributed by atoms with Gasteiger partial charge >= 0.3 is 0 Å². The number of nitrogens with one attached hydrogen (secondary N) is 2. The van der Waals surface area contributed by atoms with Crippen molar-refractivity contribution in [3.63, 3.8) is 0 Å². The van der Waals surface area contributed by atoms with Gasteiger partial charge in [0.1, 0.15) is 5.69 Å². The maximum Gasteiger partial charge on any atom is 0.271 e. The van der Waals surface area contributed by atoms with Crippen molar-refractivity contribution in [3.8, 4) is 11.3 Å². The highest BCUT2D eigenvalue weighted by atomic mass is 16.2. The lowest BCUT2D eigenvalue weighted by Crippen LogP contribution is -2.51. The molecule has 0 atom stereocenters. The lowest BCUT2D eigenvalue weighted by Gasteiger charge is -2.38. The molecule has 0 aliphatic carbocycles. The normalized spacial score (nSPS) is 14.1. The van der Waals surface area contributed by atoms with E-state index < -0.39 is 0 Å². The number of amides is 1. The predicted molar refractivity (Wildman–Crippen MR) is 91.6 cm³/mol. The minimum Gasteiger partial charge on any atom is -0.380 e. The van der Waals surface area contributed by atoms with Gasteiger partial charge in [0.25, 0.3) is 5.56 Å². The average molecular weight is 325 g/mol. The van der Waals surface area contributed by atoms with Gasteiger partial charge in [0, 0.05) is 43.5 Å². The number of aromatic nitrogens is 3. The molecule has 124 valence electrons. The lowest BCUT2D eigenvalue weighted by atomic mass is 10.00. The molecule has 7 nitrogen and oxygen atoms in total. The Morgan fingerprint density at radius 2 is 2.29 bits per heavy atom. The summed E-state index contributed by atoms with van der Waals surface area (Å²) in [7, 11) is 0. The van der Waals surface area contributed by atoms with E-state index in [4.69, 9.17) is 0 Å². The van der Waals surface area contributed by atoms with Gasteiger partial charge in [-0.25, -0.2) is 4.98 Å². The third-order valence-corrected chi connectivity index (χ3v) is 3.98. The molecular formula is C17H19N5O2. The monoisotopic (exact) mass is 325 g/mol. The lowest BCUT2D eigenvalue weighted by molar-refractivity contribution is -0.131. The van der Waals surface area contributed by atoms with Crippen molar-refractivity contribution < 1.29 is 4.79 Å². The smallest absolute Gasteiger partial charge is 0.271 e. The zero-order valence-corrected chi connectivity index (χ0v) is 13.5. The van der Waals surface area contributed by atoms with Gasteiger partial charge in [-0.3, -0.25) is 14.6 Å². The summed E-state index contributed by atoms with van der Waals surface area (Å²) in [6, 6.07) is 1.77. The highest BCUT2D eigenvalue weighted by molar-refractivity contribution is 5.87. The number of carbonyl (C=O) groups is 1. The van der Waals surface area contributed by atoms with Crippen LogP contribution in [0.5, 0.6) is 0 Å². The van der Waals surface area contributed by atoms with Crippen LogP contribution >= 0.6 is 0 Å². The first-order valence-electron chi connectivity index (χ1n) is 7.74. The molecule has 2 aromatic rings. The molecule has 1 saturated heterocycles. The van der Waals surface area contributed by atoms with Gasteiger partial charge in [0.15, 0.2) is 0 Å². The van der Waals surface area contributed by atoms with Crippen LogP contribution in [0.15, 0.2) is 42.1 Å². The van der Waals surface area contributed by atoms with Crippen molar-refractivity contribution in [2.24, 2.45) is 5.92 Å². The van der Waals surface area contributed by atoms with Crippen LogP contribution in [-0.4, -0.2) is 45.4 Å². The van der Waals surface area contributed by atoms with Gasteiger partial charge < -0.3 is 15.2 Å².